The summed E-state index contributed by atoms with van der Waals surface area (Å²) in [4.78, 5) is 121. The van der Waals surface area contributed by atoms with Crippen LogP contribution in [0.4, 0.5) is 0 Å². The lowest BCUT2D eigenvalue weighted by molar-refractivity contribution is -0.144. The van der Waals surface area contributed by atoms with Gasteiger partial charge in [-0.25, -0.2) is 14.1 Å². The largest absolute Gasteiger partial charge is 0.508 e. The number of nitrogens with one attached hydrogen (secondary N) is 3. The molecule has 95 heavy (non-hydrogen) atoms. The molecule has 7 amide bonds. The molecule has 5 atom stereocenters. The summed E-state index contributed by atoms with van der Waals surface area (Å²) in [5, 5.41) is 18.1. The molecule has 1 aromatic heterocycles. The molecule has 0 radical (unpaired) electrons. The fraction of sp³-hybridized carbons (Fsp3) is 0.433. The minimum absolute atomic E-state index is 0.0239. The Labute approximate surface area is 557 Å². The van der Waals surface area contributed by atoms with Crippen molar-refractivity contribution in [2.75, 3.05) is 72.9 Å². The first kappa shape index (κ1) is 74.7. The van der Waals surface area contributed by atoms with Crippen molar-refractivity contribution in [1.82, 2.24) is 35.6 Å². The molecule has 4 aromatic carbocycles. The summed E-state index contributed by atoms with van der Waals surface area (Å²) < 4.78 is 58.3. The van der Waals surface area contributed by atoms with Crippen molar-refractivity contribution in [2.24, 2.45) is 5.41 Å². The number of phosphoric acid groups is 2. The minimum atomic E-state index is -5.49. The van der Waals surface area contributed by atoms with Gasteiger partial charge in [0.15, 0.2) is 0 Å². The monoisotopic (exact) mass is 1370 g/mol. The molecule has 1 saturated heterocycles. The molecule has 1 fully saturated rings. The second kappa shape index (κ2) is 35.8. The van der Waals surface area contributed by atoms with Crippen LogP contribution in [0.1, 0.15) is 107 Å². The number of phenolic OH excluding ortho intramolecular Hbond substituents is 1. The van der Waals surface area contributed by atoms with E-state index >= 15 is 0 Å². The molecule has 7 rings (SSSR count). The number of hydrogen-bond donors (Lipinski definition) is 6. The van der Waals surface area contributed by atoms with Crippen LogP contribution in [-0.2, 0) is 72.1 Å². The highest BCUT2D eigenvalue weighted by molar-refractivity contribution is 7.61. The number of likely N-dealkylation sites (N-methyl/N-ethyl adjacent to an activating group) is 1. The number of thiazole rings is 1. The number of phenols is 1. The molecule has 2 aliphatic rings. The Morgan fingerprint density at radius 2 is 1.41 bits per heavy atom. The van der Waals surface area contributed by atoms with Gasteiger partial charge in [-0.15, -0.1) is 11.3 Å². The first-order chi connectivity index (χ1) is 45.3. The number of hydrogen-bond acceptors (Lipinski definition) is 18. The van der Waals surface area contributed by atoms with E-state index in [1.807, 2.05) is 85.8 Å². The van der Waals surface area contributed by atoms with Crippen LogP contribution in [-0.4, -0.2) is 167 Å². The standard InChI is InChI=1S/C67H85N7O18P2S/c1-7-55(48-14-10-8-11-15-48)62(49-21-25-52(75)26-22-49)50-23-27-53(28-24-50)89-39-35-72(6)59(78)32-37-88-41-40-87-36-31-58(77)71-64(67(3,4)5)66(82)74-44-54(42-56(74)65(81)69-43-47-17-19-51(20-18-47)63-46(2)70-45-95-63)91-94(85,86)92-93(83,84)90-38-33-68-57(76)16-12-9-13-34-73-60(79)29-30-61(73)80/h8,10-11,14-15,17-30,45,54,56,64,75H,7,9,12-13,16,31-44H2,1-6H3,(H,68,76)(H,69,81)(H,71,77)(H,83,84)(H,85,86)/b62-55-/t54-,56+,64-/m1/s1. The van der Waals surface area contributed by atoms with Gasteiger partial charge in [0.05, 0.1) is 68.2 Å². The average molecular weight is 1370 g/mol. The lowest BCUT2D eigenvalue weighted by atomic mass is 9.85. The third kappa shape index (κ3) is 23.3. The van der Waals surface area contributed by atoms with E-state index in [9.17, 15) is 57.6 Å². The average Bonchev–Trinajstić information content (AvgIpc) is 1.78. The topological polar surface area (TPSA) is 328 Å². The van der Waals surface area contributed by atoms with Gasteiger partial charge in [0.25, 0.3) is 11.8 Å². The highest BCUT2D eigenvalue weighted by Gasteiger charge is 2.48. The van der Waals surface area contributed by atoms with E-state index in [1.165, 1.54) is 23.5 Å². The van der Waals surface area contributed by atoms with Crippen molar-refractivity contribution in [3.05, 3.63) is 149 Å². The van der Waals surface area contributed by atoms with Crippen LogP contribution in [0.15, 0.2) is 121 Å². The van der Waals surface area contributed by atoms with Crippen molar-refractivity contribution in [2.45, 2.75) is 111 Å². The summed E-state index contributed by atoms with van der Waals surface area (Å²) in [5.74, 6) is -2.50. The molecule has 512 valence electrons. The Balaban J connectivity index is 0.843. The van der Waals surface area contributed by atoms with Gasteiger partial charge in [-0.3, -0.25) is 47.5 Å². The van der Waals surface area contributed by atoms with Crippen LogP contribution in [0, 0.1) is 12.3 Å². The maximum absolute atomic E-state index is 14.7. The molecule has 0 aliphatic carbocycles. The quantitative estimate of drug-likeness (QED) is 0.00939. The Morgan fingerprint density at radius 3 is 2.04 bits per heavy atom. The third-order valence-electron chi connectivity index (χ3n) is 15.6. The number of carbonyl (C=O) groups is 7. The normalized spacial score (nSPS) is 16.6. The number of ether oxygens (including phenoxy) is 3. The predicted octanol–water partition coefficient (Wildman–Crippen LogP) is 8.51. The highest BCUT2D eigenvalue weighted by Crippen LogP contribution is 2.61. The first-order valence-electron chi connectivity index (χ1n) is 31.4. The third-order valence-corrected chi connectivity index (χ3v) is 19.3. The van der Waals surface area contributed by atoms with Crippen molar-refractivity contribution < 1.29 is 85.2 Å². The van der Waals surface area contributed by atoms with E-state index in [-0.39, 0.29) is 90.0 Å². The maximum atomic E-state index is 14.7. The fourth-order valence-electron chi connectivity index (χ4n) is 10.5. The van der Waals surface area contributed by atoms with Crippen LogP contribution >= 0.6 is 27.0 Å². The molecule has 25 nitrogen and oxygen atoms in total. The number of benzene rings is 4. The number of aromatic hydroxyl groups is 1. The SMILES string of the molecule is CC/C(=C(\c1ccc(O)cc1)c1ccc(OCCN(C)C(=O)CCOCCOCCC(=O)N[C@H](C(=O)N2C[C@H](OP(=O)(O)OP(=O)(O)OCCNC(=O)CCCCCN3C(=O)C=CC3=O)C[C@H]2C(=O)NCc2ccc(-c3scnc3C)cc2)C(C)(C)C)cc1)c1ccccc1. The summed E-state index contributed by atoms with van der Waals surface area (Å²) in [5.41, 5.74) is 8.58. The van der Waals surface area contributed by atoms with Crippen LogP contribution in [0.3, 0.4) is 0 Å². The lowest BCUT2D eigenvalue weighted by Gasteiger charge is -2.35. The molecular weight excluding hydrogens is 1280 g/mol. The number of aromatic nitrogens is 1. The van der Waals surface area contributed by atoms with Gasteiger partial charge in [0, 0.05) is 64.6 Å². The zero-order chi connectivity index (χ0) is 68.7. The predicted molar refractivity (Wildman–Crippen MR) is 356 cm³/mol. The highest BCUT2D eigenvalue weighted by atomic mass is 32.1. The molecule has 2 aliphatic heterocycles. The Kier molecular flexibility index (Phi) is 28.2. The van der Waals surface area contributed by atoms with Gasteiger partial charge >= 0.3 is 15.6 Å². The molecule has 5 aromatic rings. The van der Waals surface area contributed by atoms with Crippen molar-refractivity contribution in [3.8, 4) is 21.9 Å². The summed E-state index contributed by atoms with van der Waals surface area (Å²) in [7, 11) is -9.13. The number of unbranched alkanes of at least 4 members (excludes halogenated alkanes) is 2. The second-order valence-electron chi connectivity index (χ2n) is 23.7. The van der Waals surface area contributed by atoms with Gasteiger partial charge < -0.3 is 54.9 Å². The smallest absolute Gasteiger partial charge is 0.481 e. The van der Waals surface area contributed by atoms with Crippen molar-refractivity contribution in [1.29, 1.82) is 0 Å². The number of phosphoric ester groups is 2. The van der Waals surface area contributed by atoms with E-state index in [0.29, 0.717) is 37.1 Å². The molecule has 6 N–H and O–H groups in total. The maximum Gasteiger partial charge on any atom is 0.481 e. The minimum Gasteiger partial charge on any atom is -0.508 e. The van der Waals surface area contributed by atoms with E-state index in [2.05, 4.69) is 44.3 Å². The fourth-order valence-corrected chi connectivity index (χ4v) is 13.6. The number of imide groups is 1. The van der Waals surface area contributed by atoms with Crippen LogP contribution in [0.5, 0.6) is 11.5 Å². The summed E-state index contributed by atoms with van der Waals surface area (Å²) in [6.45, 7) is 8.84. The van der Waals surface area contributed by atoms with E-state index in [4.69, 9.17) is 23.3 Å². The van der Waals surface area contributed by atoms with E-state index < -0.39 is 87.8 Å². The Morgan fingerprint density at radius 1 is 0.758 bits per heavy atom. The Hall–Kier alpha value is -7.74. The van der Waals surface area contributed by atoms with Crippen molar-refractivity contribution in [3.63, 3.8) is 0 Å². The van der Waals surface area contributed by atoms with Crippen molar-refractivity contribution >= 4 is 79.5 Å². The number of allylic oxidation sites excluding steroid dienone is 1. The number of aryl methyl sites for hydroxylation is 1. The second-order valence-corrected chi connectivity index (χ2v) is 27.6. The van der Waals surface area contributed by atoms with Gasteiger partial charge in [-0.2, -0.15) is 4.31 Å². The number of carbonyl (C=O) groups excluding carboxylic acids is 7. The first-order valence-corrected chi connectivity index (χ1v) is 35.3. The lowest BCUT2D eigenvalue weighted by Crippen LogP contribution is -2.57. The number of likely N-dealkylation sites (tertiary alicyclic amines) is 1. The summed E-state index contributed by atoms with van der Waals surface area (Å²) in [6, 6.07) is 30.0. The van der Waals surface area contributed by atoms with Gasteiger partial charge in [-0.1, -0.05) is 113 Å². The van der Waals surface area contributed by atoms with E-state index in [0.717, 1.165) is 60.2 Å². The number of nitrogens with zero attached hydrogens (tertiary/aromatic N) is 4. The van der Waals surface area contributed by atoms with Crippen LogP contribution in [0.25, 0.3) is 21.6 Å². The Bertz CT molecular complexity index is 3570. The number of amides is 7. The molecule has 0 saturated carbocycles. The van der Waals surface area contributed by atoms with Crippen LogP contribution in [0.2, 0.25) is 0 Å². The molecule has 0 spiro atoms. The number of rotatable bonds is 37. The molecule has 0 bridgehead atoms. The van der Waals surface area contributed by atoms with Gasteiger partial charge in [0.2, 0.25) is 29.5 Å². The van der Waals surface area contributed by atoms with Gasteiger partial charge in [-0.05, 0) is 94.8 Å². The molecule has 28 heteroatoms. The summed E-state index contributed by atoms with van der Waals surface area (Å²) in [6.07, 6.45) is 2.80. The van der Waals surface area contributed by atoms with Crippen LogP contribution < -0.4 is 20.7 Å². The zero-order valence-electron chi connectivity index (χ0n) is 54.3. The van der Waals surface area contributed by atoms with E-state index in [1.54, 1.807) is 50.4 Å². The molecule has 3 heterocycles. The molecular formula is C67H85N7O18P2S. The zero-order valence-corrected chi connectivity index (χ0v) is 56.9. The summed E-state index contributed by atoms with van der Waals surface area (Å²) >= 11 is 1.49. The van der Waals surface area contributed by atoms with Gasteiger partial charge in [0.1, 0.15) is 30.2 Å². The molecule has 2 unspecified atom stereocenters.